The van der Waals surface area contributed by atoms with E-state index in [1.54, 1.807) is 51.1 Å². The number of Topliss-reactive ketones (excluding diaryl/α,β-unsaturated/α-hetero) is 1. The van der Waals surface area contributed by atoms with Gasteiger partial charge in [0.2, 0.25) is 5.91 Å². The molecule has 0 radical (unpaired) electrons. The smallest absolute Gasteiger partial charge is 0.322 e. The predicted octanol–water partition coefficient (Wildman–Crippen LogP) is 2.65. The van der Waals surface area contributed by atoms with Gasteiger partial charge in [-0.25, -0.2) is 4.90 Å². The first kappa shape index (κ1) is 18.8. The van der Waals surface area contributed by atoms with Crippen LogP contribution in [-0.2, 0) is 23.9 Å². The minimum Gasteiger partial charge on any atom is -0.459 e. The van der Waals surface area contributed by atoms with Crippen molar-refractivity contribution in [1.82, 2.24) is 0 Å². The van der Waals surface area contributed by atoms with Crippen molar-refractivity contribution >= 4 is 29.3 Å². The summed E-state index contributed by atoms with van der Waals surface area (Å²) >= 11 is 0. The molecule has 1 aliphatic rings. The molecule has 0 N–H and O–H groups in total. The highest BCUT2D eigenvalue weighted by atomic mass is 16.6. The molecule has 0 saturated carbocycles. The lowest BCUT2D eigenvalue weighted by atomic mass is 9.80. The number of carbonyl (C=O) groups excluding carboxylic acids is 4. The Kier molecular flexibility index (Phi) is 5.11. The van der Waals surface area contributed by atoms with Gasteiger partial charge in [-0.05, 0) is 46.2 Å². The van der Waals surface area contributed by atoms with Crippen molar-refractivity contribution in [3.8, 4) is 0 Å². The van der Waals surface area contributed by atoms with Gasteiger partial charge in [0.05, 0.1) is 12.1 Å². The first-order valence-electron chi connectivity index (χ1n) is 8.22. The molecule has 6 heteroatoms. The van der Waals surface area contributed by atoms with Gasteiger partial charge in [0.15, 0.2) is 5.41 Å². The highest BCUT2D eigenvalue weighted by Gasteiger charge is 2.58. The zero-order chi connectivity index (χ0) is 18.8. The second-order valence-corrected chi connectivity index (χ2v) is 7.33. The van der Waals surface area contributed by atoms with Crippen LogP contribution >= 0.6 is 0 Å². The molecule has 1 aliphatic heterocycles. The van der Waals surface area contributed by atoms with E-state index in [-0.39, 0.29) is 25.0 Å². The van der Waals surface area contributed by atoms with E-state index < -0.39 is 28.8 Å². The van der Waals surface area contributed by atoms with Crippen LogP contribution in [-0.4, -0.2) is 29.2 Å². The summed E-state index contributed by atoms with van der Waals surface area (Å²) in [4.78, 5) is 50.8. The number of rotatable bonds is 5. The van der Waals surface area contributed by atoms with Crippen molar-refractivity contribution in [3.63, 3.8) is 0 Å². The summed E-state index contributed by atoms with van der Waals surface area (Å²) in [5.41, 5.74) is -2.04. The first-order chi connectivity index (χ1) is 11.6. The van der Waals surface area contributed by atoms with Crippen LogP contribution in [0.4, 0.5) is 5.69 Å². The number of ketones is 1. The third-order valence-corrected chi connectivity index (χ3v) is 4.02. The number of hydrogen-bond donors (Lipinski definition) is 0. The summed E-state index contributed by atoms with van der Waals surface area (Å²) in [7, 11) is 0. The number of benzene rings is 1. The summed E-state index contributed by atoms with van der Waals surface area (Å²) in [6.07, 6.45) is -0.297. The van der Waals surface area contributed by atoms with Gasteiger partial charge in [-0.1, -0.05) is 18.2 Å². The zero-order valence-corrected chi connectivity index (χ0v) is 15.0. The second kappa shape index (κ2) is 6.78. The molecule has 1 saturated heterocycles. The largest absolute Gasteiger partial charge is 0.459 e. The quantitative estimate of drug-likeness (QED) is 0.465. The van der Waals surface area contributed by atoms with E-state index in [0.717, 1.165) is 4.90 Å². The van der Waals surface area contributed by atoms with Crippen LogP contribution in [0.25, 0.3) is 0 Å². The molecule has 134 valence electrons. The van der Waals surface area contributed by atoms with Gasteiger partial charge >= 0.3 is 5.97 Å². The number of anilines is 1. The van der Waals surface area contributed by atoms with E-state index in [1.807, 2.05) is 0 Å². The molecule has 0 aromatic heterocycles. The van der Waals surface area contributed by atoms with Crippen molar-refractivity contribution in [2.75, 3.05) is 4.90 Å². The Morgan fingerprint density at radius 3 is 2.28 bits per heavy atom. The number of ether oxygens (including phenoxy) is 1. The number of para-hydroxylation sites is 1. The maximum atomic E-state index is 13.1. The molecule has 2 amide bonds. The van der Waals surface area contributed by atoms with Gasteiger partial charge in [-0.3, -0.25) is 14.4 Å². The molecule has 2 rings (SSSR count). The van der Waals surface area contributed by atoms with E-state index in [2.05, 4.69) is 0 Å². The first-order valence-corrected chi connectivity index (χ1v) is 8.22. The van der Waals surface area contributed by atoms with Gasteiger partial charge in [-0.15, -0.1) is 0 Å². The maximum Gasteiger partial charge on any atom is 0.322 e. The molecule has 1 aromatic rings. The molecule has 0 bridgehead atoms. The van der Waals surface area contributed by atoms with E-state index in [4.69, 9.17) is 4.74 Å². The van der Waals surface area contributed by atoms with Crippen LogP contribution in [0.1, 0.15) is 47.0 Å². The Morgan fingerprint density at radius 1 is 1.16 bits per heavy atom. The number of carbonyl (C=O) groups is 4. The standard InChI is InChI=1S/C19H23NO5/c1-13(21)10-11-19(17(24)25-18(2,3)4)12-15(22)20(16(19)23)14-8-6-5-7-9-14/h5-9H,10-12H2,1-4H3/t19-/m1/s1. The average Bonchev–Trinajstić information content (AvgIpc) is 2.76. The Morgan fingerprint density at radius 2 is 1.76 bits per heavy atom. The fraction of sp³-hybridized carbons (Fsp3) is 0.474. The molecule has 0 unspecified atom stereocenters. The molecule has 6 nitrogen and oxygen atoms in total. The van der Waals surface area contributed by atoms with Crippen LogP contribution in [0.15, 0.2) is 30.3 Å². The molecule has 1 fully saturated rings. The van der Waals surface area contributed by atoms with E-state index in [0.29, 0.717) is 5.69 Å². The van der Waals surface area contributed by atoms with Crippen LogP contribution in [0.3, 0.4) is 0 Å². The van der Waals surface area contributed by atoms with E-state index >= 15 is 0 Å². The minimum absolute atomic E-state index is 0.0287. The summed E-state index contributed by atoms with van der Waals surface area (Å²) in [5.74, 6) is -2.00. The molecule has 25 heavy (non-hydrogen) atoms. The SMILES string of the molecule is CC(=O)CC[C@@]1(C(=O)OC(C)(C)C)CC(=O)N(c2ccccc2)C1=O. The predicted molar refractivity (Wildman–Crippen MR) is 91.7 cm³/mol. The van der Waals surface area contributed by atoms with Gasteiger partial charge < -0.3 is 9.53 Å². The lowest BCUT2D eigenvalue weighted by molar-refractivity contribution is -0.170. The lowest BCUT2D eigenvalue weighted by Gasteiger charge is -2.29. The zero-order valence-electron chi connectivity index (χ0n) is 15.0. The molecular formula is C19H23NO5. The highest BCUT2D eigenvalue weighted by Crippen LogP contribution is 2.41. The maximum absolute atomic E-state index is 13.1. The number of hydrogen-bond acceptors (Lipinski definition) is 5. The van der Waals surface area contributed by atoms with Crippen molar-refractivity contribution in [2.45, 2.75) is 52.6 Å². The molecular weight excluding hydrogens is 322 g/mol. The highest BCUT2D eigenvalue weighted by molar-refractivity contribution is 6.28. The summed E-state index contributed by atoms with van der Waals surface area (Å²) in [6.45, 7) is 6.47. The van der Waals surface area contributed by atoms with Crippen molar-refractivity contribution in [3.05, 3.63) is 30.3 Å². The normalized spacial score (nSPS) is 20.7. The van der Waals surface area contributed by atoms with Crippen molar-refractivity contribution in [1.29, 1.82) is 0 Å². The summed E-state index contributed by atoms with van der Waals surface area (Å²) in [5, 5.41) is 0. The van der Waals surface area contributed by atoms with Gasteiger partial charge in [0.1, 0.15) is 11.4 Å². The third-order valence-electron chi connectivity index (χ3n) is 4.02. The summed E-state index contributed by atoms with van der Waals surface area (Å²) < 4.78 is 5.41. The molecule has 1 heterocycles. The Labute approximate surface area is 147 Å². The molecule has 1 atom stereocenters. The fourth-order valence-electron chi connectivity index (χ4n) is 2.80. The van der Waals surface area contributed by atoms with Crippen LogP contribution in [0.2, 0.25) is 0 Å². The van der Waals surface area contributed by atoms with Gasteiger partial charge in [0.25, 0.3) is 5.91 Å². The van der Waals surface area contributed by atoms with Crippen molar-refractivity contribution < 1.29 is 23.9 Å². The van der Waals surface area contributed by atoms with Crippen LogP contribution < -0.4 is 4.90 Å². The molecule has 1 aromatic carbocycles. The second-order valence-electron chi connectivity index (χ2n) is 7.33. The number of esters is 1. The van der Waals surface area contributed by atoms with Gasteiger partial charge in [-0.2, -0.15) is 0 Å². The topological polar surface area (TPSA) is 80.8 Å². The molecule has 0 spiro atoms. The fourth-order valence-corrected chi connectivity index (χ4v) is 2.80. The van der Waals surface area contributed by atoms with Crippen LogP contribution in [0.5, 0.6) is 0 Å². The number of nitrogens with zero attached hydrogens (tertiary/aromatic N) is 1. The Hall–Kier alpha value is -2.50. The van der Waals surface area contributed by atoms with E-state index in [9.17, 15) is 19.2 Å². The number of amides is 2. The van der Waals surface area contributed by atoms with Crippen LogP contribution in [0, 0.1) is 5.41 Å². The Balaban J connectivity index is 2.42. The van der Waals surface area contributed by atoms with E-state index in [1.165, 1.54) is 6.92 Å². The minimum atomic E-state index is -1.65. The monoisotopic (exact) mass is 345 g/mol. The Bertz CT molecular complexity index is 704. The lowest BCUT2D eigenvalue weighted by Crippen LogP contribution is -2.44. The average molecular weight is 345 g/mol. The summed E-state index contributed by atoms with van der Waals surface area (Å²) in [6, 6.07) is 8.45. The van der Waals surface area contributed by atoms with Crippen molar-refractivity contribution in [2.24, 2.45) is 5.41 Å². The molecule has 0 aliphatic carbocycles. The third kappa shape index (κ3) is 3.95. The number of imide groups is 1. The van der Waals surface area contributed by atoms with Gasteiger partial charge in [0, 0.05) is 6.42 Å².